The van der Waals surface area contributed by atoms with Crippen molar-refractivity contribution in [2.75, 3.05) is 26.5 Å². The van der Waals surface area contributed by atoms with Crippen molar-refractivity contribution < 1.29 is 17.9 Å². The van der Waals surface area contributed by atoms with Gasteiger partial charge in [0.25, 0.3) is 0 Å². The largest absolute Gasteiger partial charge is 0.493 e. The number of ether oxygens (including phenoxy) is 1. The summed E-state index contributed by atoms with van der Waals surface area (Å²) in [6.45, 7) is 0.939. The van der Waals surface area contributed by atoms with Crippen LogP contribution in [0.1, 0.15) is 24.4 Å². The number of carbonyl (C=O) groups is 1. The van der Waals surface area contributed by atoms with Gasteiger partial charge >= 0.3 is 0 Å². The van der Waals surface area contributed by atoms with E-state index >= 15 is 0 Å². The predicted octanol–water partition coefficient (Wildman–Crippen LogP) is 2.69. The monoisotopic (exact) mass is 495 g/mol. The summed E-state index contributed by atoms with van der Waals surface area (Å²) in [6, 6.07) is 14.3. The smallest absolute Gasteiger partial charge is 0.240 e. The minimum Gasteiger partial charge on any atom is -0.493 e. The molecule has 1 aliphatic heterocycles. The van der Waals surface area contributed by atoms with Gasteiger partial charge in [-0.25, -0.2) is 19.3 Å². The summed E-state index contributed by atoms with van der Waals surface area (Å²) in [4.78, 5) is 14.6. The first kappa shape index (κ1) is 22.7. The second-order valence-electron chi connectivity index (χ2n) is 7.39. The Hall–Kier alpha value is -1.94. The Bertz CT molecular complexity index is 982. The zero-order valence-electron chi connectivity index (χ0n) is 17.0. The summed E-state index contributed by atoms with van der Waals surface area (Å²) >= 11 is 3.43. The first-order valence-electron chi connectivity index (χ1n) is 9.68. The van der Waals surface area contributed by atoms with E-state index in [0.717, 1.165) is 10.0 Å². The van der Waals surface area contributed by atoms with E-state index in [1.54, 1.807) is 30.1 Å². The van der Waals surface area contributed by atoms with Crippen molar-refractivity contribution in [1.29, 1.82) is 0 Å². The average molecular weight is 496 g/mol. The van der Waals surface area contributed by atoms with Crippen molar-refractivity contribution in [3.63, 3.8) is 0 Å². The van der Waals surface area contributed by atoms with Crippen molar-refractivity contribution >= 4 is 31.7 Å². The lowest BCUT2D eigenvalue weighted by atomic mass is 10.0. The molecule has 3 rings (SSSR count). The molecule has 2 aromatic rings. The summed E-state index contributed by atoms with van der Waals surface area (Å²) in [7, 11) is -1.49. The normalized spacial score (nSPS) is 18.9. The summed E-state index contributed by atoms with van der Waals surface area (Å²) in [6.07, 6.45) is 2.49. The maximum Gasteiger partial charge on any atom is 0.240 e. The van der Waals surface area contributed by atoms with Crippen LogP contribution in [0.3, 0.4) is 0 Å². The van der Waals surface area contributed by atoms with Gasteiger partial charge in [0.05, 0.1) is 11.5 Å². The van der Waals surface area contributed by atoms with Crippen molar-refractivity contribution in [2.45, 2.75) is 29.8 Å². The van der Waals surface area contributed by atoms with Crippen LogP contribution < -0.4 is 15.6 Å². The zero-order chi connectivity index (χ0) is 21.7. The highest BCUT2D eigenvalue weighted by molar-refractivity contribution is 9.10. The first-order valence-corrected chi connectivity index (χ1v) is 12.4. The summed E-state index contributed by atoms with van der Waals surface area (Å²) in [5.74, 6) is 0.534. The number of carbonyl (C=O) groups excluding carboxylic acids is 1. The molecule has 30 heavy (non-hydrogen) atoms. The van der Waals surface area contributed by atoms with Gasteiger partial charge in [0, 0.05) is 30.4 Å². The third-order valence-corrected chi connectivity index (χ3v) is 6.63. The van der Waals surface area contributed by atoms with Gasteiger partial charge in [-0.1, -0.05) is 34.1 Å². The van der Waals surface area contributed by atoms with E-state index in [4.69, 9.17) is 4.74 Å². The zero-order valence-corrected chi connectivity index (χ0v) is 19.4. The van der Waals surface area contributed by atoms with Gasteiger partial charge in [-0.2, -0.15) is 0 Å². The molecule has 1 amide bonds. The molecule has 2 aromatic carbocycles. The van der Waals surface area contributed by atoms with E-state index in [1.807, 2.05) is 24.3 Å². The highest BCUT2D eigenvalue weighted by Gasteiger charge is 2.31. The fourth-order valence-corrected chi connectivity index (χ4v) is 4.21. The number of hydrogen-bond donors (Lipinski definition) is 2. The Kier molecular flexibility index (Phi) is 7.51. The molecule has 1 aliphatic rings. The second-order valence-corrected chi connectivity index (χ2v) is 10.3. The number of halogens is 1. The molecular weight excluding hydrogens is 470 g/mol. The van der Waals surface area contributed by atoms with Crippen LogP contribution in [0.5, 0.6) is 5.75 Å². The summed E-state index contributed by atoms with van der Waals surface area (Å²) in [5.41, 5.74) is 7.43. The number of sulfone groups is 1. The third-order valence-electron chi connectivity index (χ3n) is 4.99. The number of likely N-dealkylation sites (N-methyl/N-ethyl adjacent to an activating group) is 1. The van der Waals surface area contributed by atoms with E-state index in [1.165, 1.54) is 12.3 Å². The van der Waals surface area contributed by atoms with E-state index in [-0.39, 0.29) is 22.9 Å². The van der Waals surface area contributed by atoms with Crippen molar-refractivity contribution in [2.24, 2.45) is 0 Å². The number of nitrogens with one attached hydrogen (secondary N) is 2. The molecule has 0 spiro atoms. The van der Waals surface area contributed by atoms with E-state index in [2.05, 4.69) is 26.8 Å². The Morgan fingerprint density at radius 2 is 1.93 bits per heavy atom. The number of amides is 1. The molecule has 0 aromatic heterocycles. The summed E-state index contributed by atoms with van der Waals surface area (Å²) < 4.78 is 29.9. The van der Waals surface area contributed by atoms with Gasteiger partial charge < -0.3 is 9.64 Å². The lowest BCUT2D eigenvalue weighted by Gasteiger charge is -2.21. The lowest BCUT2D eigenvalue weighted by Crippen LogP contribution is -2.44. The molecule has 1 heterocycles. The fraction of sp³-hybridized carbons (Fsp3) is 0.381. The maximum atomic E-state index is 12.7. The highest BCUT2D eigenvalue weighted by Crippen LogP contribution is 2.24. The van der Waals surface area contributed by atoms with Crippen LogP contribution in [0, 0.1) is 0 Å². The number of nitrogens with zero attached hydrogens (tertiary/aromatic N) is 1. The topological polar surface area (TPSA) is 87.7 Å². The third kappa shape index (κ3) is 6.04. The second kappa shape index (κ2) is 9.91. The Balaban J connectivity index is 1.43. The van der Waals surface area contributed by atoms with Crippen molar-refractivity contribution in [1.82, 2.24) is 15.8 Å². The molecule has 0 saturated carbocycles. The molecule has 0 aliphatic carbocycles. The molecule has 2 atom stereocenters. The number of benzene rings is 2. The van der Waals surface area contributed by atoms with Gasteiger partial charge in [-0.15, -0.1) is 0 Å². The highest BCUT2D eigenvalue weighted by atomic mass is 79.9. The van der Waals surface area contributed by atoms with Gasteiger partial charge in [0.2, 0.25) is 5.91 Å². The average Bonchev–Trinajstić information content (AvgIpc) is 3.21. The van der Waals surface area contributed by atoms with E-state index in [9.17, 15) is 13.2 Å². The first-order chi connectivity index (χ1) is 14.2. The minimum atomic E-state index is -3.27. The molecule has 2 N–H and O–H groups in total. The molecular formula is C21H26BrN3O4S. The van der Waals surface area contributed by atoms with Crippen LogP contribution in [-0.2, 0) is 14.6 Å². The van der Waals surface area contributed by atoms with Gasteiger partial charge in [-0.3, -0.25) is 4.79 Å². The van der Waals surface area contributed by atoms with Crippen LogP contribution in [0.15, 0.2) is 57.9 Å². The van der Waals surface area contributed by atoms with Crippen LogP contribution in [0.2, 0.25) is 0 Å². The predicted molar refractivity (Wildman–Crippen MR) is 119 cm³/mol. The molecule has 1 fully saturated rings. The van der Waals surface area contributed by atoms with Gasteiger partial charge in [0.15, 0.2) is 9.84 Å². The van der Waals surface area contributed by atoms with Crippen molar-refractivity contribution in [3.8, 4) is 5.75 Å². The Morgan fingerprint density at radius 3 is 2.63 bits per heavy atom. The quantitative estimate of drug-likeness (QED) is 0.547. The van der Waals surface area contributed by atoms with Crippen LogP contribution in [0.4, 0.5) is 0 Å². The number of hydrogen-bond acceptors (Lipinski definition) is 6. The molecule has 0 bridgehead atoms. The lowest BCUT2D eigenvalue weighted by molar-refractivity contribution is -0.132. The molecule has 2 unspecified atom stereocenters. The Morgan fingerprint density at radius 1 is 1.20 bits per heavy atom. The molecule has 9 heteroatoms. The van der Waals surface area contributed by atoms with Crippen LogP contribution in [0.25, 0.3) is 0 Å². The van der Waals surface area contributed by atoms with Gasteiger partial charge in [-0.05, 0) is 48.7 Å². The molecule has 1 saturated heterocycles. The van der Waals surface area contributed by atoms with Crippen LogP contribution in [-0.4, -0.2) is 51.7 Å². The molecule has 162 valence electrons. The minimum absolute atomic E-state index is 0.0289. The number of rotatable bonds is 8. The van der Waals surface area contributed by atoms with Crippen LogP contribution >= 0.6 is 15.9 Å². The molecule has 0 radical (unpaired) electrons. The van der Waals surface area contributed by atoms with Crippen molar-refractivity contribution in [3.05, 3.63) is 58.6 Å². The molecule has 7 nitrogen and oxygen atoms in total. The van der Waals surface area contributed by atoms with E-state index < -0.39 is 9.84 Å². The maximum absolute atomic E-state index is 12.7. The van der Waals surface area contributed by atoms with E-state index in [0.29, 0.717) is 31.7 Å². The Labute approximate surface area is 185 Å². The van der Waals surface area contributed by atoms with Gasteiger partial charge in [0.1, 0.15) is 11.8 Å². The summed E-state index contributed by atoms with van der Waals surface area (Å²) in [5, 5.41) is 0. The SMILES string of the molecule is CN(CCCOc1cccc(S(C)(=O)=O)c1)C(=O)C1CC(c2ccc(Br)cc2)NN1. The standard InChI is InChI=1S/C21H26BrN3O4S/c1-25(11-4-12-29-17-5-3-6-18(13-17)30(2,27)28)21(26)20-14-19(23-24-20)15-7-9-16(22)10-8-15/h3,5-10,13,19-20,23-24H,4,11-12,14H2,1-2H3. The number of hydrazine groups is 1. The fourth-order valence-electron chi connectivity index (χ4n) is 3.29.